The molecule has 1 amide bonds. The van der Waals surface area contributed by atoms with Crippen molar-refractivity contribution in [3.63, 3.8) is 0 Å². The third-order valence-electron chi connectivity index (χ3n) is 5.00. The lowest BCUT2D eigenvalue weighted by molar-refractivity contribution is 0.0773. The normalized spacial score (nSPS) is 22.0. The smallest absolute Gasteiger partial charge is 0.253 e. The van der Waals surface area contributed by atoms with Gasteiger partial charge in [0.1, 0.15) is 0 Å². The summed E-state index contributed by atoms with van der Waals surface area (Å²) in [6.07, 6.45) is 4.73. The van der Waals surface area contributed by atoms with Gasteiger partial charge in [-0.15, -0.1) is 0 Å². The number of aromatic nitrogens is 2. The highest BCUT2D eigenvalue weighted by molar-refractivity contribution is 5.94. The molecule has 2 aliphatic heterocycles. The van der Waals surface area contributed by atoms with Gasteiger partial charge in [-0.1, -0.05) is 0 Å². The average Bonchev–Trinajstić information content (AvgIpc) is 3.34. The van der Waals surface area contributed by atoms with Crippen LogP contribution in [-0.4, -0.2) is 70.8 Å². The first-order chi connectivity index (χ1) is 11.8. The molecule has 1 atom stereocenters. The molecule has 1 aromatic heterocycles. The maximum Gasteiger partial charge on any atom is 0.253 e. The summed E-state index contributed by atoms with van der Waals surface area (Å²) in [4.78, 5) is 17.3. The predicted octanol–water partition coefficient (Wildman–Crippen LogP) is 0.992. The van der Waals surface area contributed by atoms with Crippen molar-refractivity contribution in [1.82, 2.24) is 24.9 Å². The van der Waals surface area contributed by atoms with Gasteiger partial charge < -0.3 is 10.2 Å². The second-order valence-corrected chi connectivity index (χ2v) is 6.48. The van der Waals surface area contributed by atoms with Gasteiger partial charge in [-0.05, 0) is 36.8 Å². The van der Waals surface area contributed by atoms with Gasteiger partial charge in [-0.3, -0.25) is 9.69 Å². The number of rotatable bonds is 3. The molecule has 2 aromatic rings. The Morgan fingerprint density at radius 1 is 1.12 bits per heavy atom. The number of carbonyl (C=O) groups excluding carboxylic acids is 1. The van der Waals surface area contributed by atoms with Crippen LogP contribution in [0.25, 0.3) is 5.69 Å². The van der Waals surface area contributed by atoms with E-state index in [4.69, 9.17) is 0 Å². The zero-order chi connectivity index (χ0) is 16.4. The molecule has 1 aromatic carbocycles. The molecular weight excluding hydrogens is 302 g/mol. The minimum atomic E-state index is 0.139. The van der Waals surface area contributed by atoms with Crippen LogP contribution in [0.1, 0.15) is 16.8 Å². The summed E-state index contributed by atoms with van der Waals surface area (Å²) >= 11 is 0. The summed E-state index contributed by atoms with van der Waals surface area (Å²) < 4.78 is 1.80. The van der Waals surface area contributed by atoms with Crippen LogP contribution < -0.4 is 5.32 Å². The number of carbonyl (C=O) groups is 1. The van der Waals surface area contributed by atoms with E-state index in [-0.39, 0.29) is 5.91 Å². The molecule has 2 fully saturated rings. The van der Waals surface area contributed by atoms with Crippen molar-refractivity contribution in [3.05, 3.63) is 48.3 Å². The maximum atomic E-state index is 12.7. The number of piperazine rings is 1. The van der Waals surface area contributed by atoms with Crippen LogP contribution in [0.15, 0.2) is 42.7 Å². The average molecular weight is 325 g/mol. The molecular formula is C18H23N5O. The largest absolute Gasteiger partial charge is 0.337 e. The van der Waals surface area contributed by atoms with Crippen LogP contribution in [0, 0.1) is 0 Å². The summed E-state index contributed by atoms with van der Waals surface area (Å²) in [6, 6.07) is 10.1. The number of hydrogen-bond acceptors (Lipinski definition) is 4. The molecule has 4 rings (SSSR count). The fourth-order valence-corrected chi connectivity index (χ4v) is 3.63. The van der Waals surface area contributed by atoms with Gasteiger partial charge in [0.2, 0.25) is 0 Å². The molecule has 0 saturated carbocycles. The number of likely N-dealkylation sites (tertiary alicyclic amines) is 1. The highest BCUT2D eigenvalue weighted by Gasteiger charge is 2.31. The lowest BCUT2D eigenvalue weighted by atomic mass is 10.2. The lowest BCUT2D eigenvalue weighted by Gasteiger charge is -2.32. The Labute approximate surface area is 142 Å². The van der Waals surface area contributed by atoms with Crippen LogP contribution in [0.2, 0.25) is 0 Å². The lowest BCUT2D eigenvalue weighted by Crippen LogP contribution is -2.49. The second kappa shape index (κ2) is 6.75. The maximum absolute atomic E-state index is 12.7. The molecule has 1 N–H and O–H groups in total. The fraction of sp³-hybridized carbons (Fsp3) is 0.444. The van der Waals surface area contributed by atoms with E-state index in [0.29, 0.717) is 6.04 Å². The van der Waals surface area contributed by atoms with Crippen LogP contribution >= 0.6 is 0 Å². The molecule has 24 heavy (non-hydrogen) atoms. The van der Waals surface area contributed by atoms with Crippen molar-refractivity contribution in [2.24, 2.45) is 0 Å². The molecule has 0 aliphatic carbocycles. The highest BCUT2D eigenvalue weighted by Crippen LogP contribution is 2.19. The Bertz CT molecular complexity index is 676. The number of hydrogen-bond donors (Lipinski definition) is 1. The number of amides is 1. The van der Waals surface area contributed by atoms with E-state index in [2.05, 4.69) is 15.3 Å². The third-order valence-corrected chi connectivity index (χ3v) is 5.00. The third kappa shape index (κ3) is 3.07. The van der Waals surface area contributed by atoms with Crippen LogP contribution in [0.4, 0.5) is 0 Å². The molecule has 6 nitrogen and oxygen atoms in total. The fourth-order valence-electron chi connectivity index (χ4n) is 3.63. The summed E-state index contributed by atoms with van der Waals surface area (Å²) in [5.41, 5.74) is 1.73. The highest BCUT2D eigenvalue weighted by atomic mass is 16.2. The van der Waals surface area contributed by atoms with Crippen molar-refractivity contribution in [3.8, 4) is 5.69 Å². The Balaban J connectivity index is 1.40. The number of nitrogens with one attached hydrogen (secondary N) is 1. The predicted molar refractivity (Wildman–Crippen MR) is 92.3 cm³/mol. The Morgan fingerprint density at radius 2 is 1.92 bits per heavy atom. The topological polar surface area (TPSA) is 53.4 Å². The molecule has 0 spiro atoms. The van der Waals surface area contributed by atoms with Gasteiger partial charge in [0.05, 0.1) is 5.69 Å². The minimum absolute atomic E-state index is 0.139. The second-order valence-electron chi connectivity index (χ2n) is 6.48. The molecule has 126 valence electrons. The first-order valence-electron chi connectivity index (χ1n) is 8.65. The molecule has 1 unspecified atom stereocenters. The number of nitrogens with zero attached hydrogens (tertiary/aromatic N) is 4. The first-order valence-corrected chi connectivity index (χ1v) is 8.65. The summed E-state index contributed by atoms with van der Waals surface area (Å²) in [6.45, 7) is 5.99. The van der Waals surface area contributed by atoms with E-state index in [0.717, 1.165) is 56.9 Å². The molecule has 2 aliphatic rings. The minimum Gasteiger partial charge on any atom is -0.337 e. The van der Waals surface area contributed by atoms with E-state index < -0.39 is 0 Å². The Kier molecular flexibility index (Phi) is 4.32. The molecule has 0 bridgehead atoms. The van der Waals surface area contributed by atoms with Crippen LogP contribution in [0.5, 0.6) is 0 Å². The molecule has 0 radical (unpaired) electrons. The van der Waals surface area contributed by atoms with Gasteiger partial charge in [-0.25, -0.2) is 4.68 Å². The van der Waals surface area contributed by atoms with Gasteiger partial charge in [-0.2, -0.15) is 5.10 Å². The standard InChI is InChI=1S/C18H23N5O/c24-18(15-2-4-16(5-3-15)23-10-1-7-20-23)22-11-6-17(14-22)21-12-8-19-9-13-21/h1-5,7,10,17,19H,6,8-9,11-14H2. The van der Waals surface area contributed by atoms with Gasteiger partial charge >= 0.3 is 0 Å². The van der Waals surface area contributed by atoms with E-state index in [1.54, 1.807) is 10.9 Å². The molecule has 2 saturated heterocycles. The van der Waals surface area contributed by atoms with E-state index in [1.807, 2.05) is 41.4 Å². The SMILES string of the molecule is O=C(c1ccc(-n2cccn2)cc1)N1CCC(N2CCNCC2)C1. The van der Waals surface area contributed by atoms with Crippen molar-refractivity contribution in [2.75, 3.05) is 39.3 Å². The summed E-state index contributed by atoms with van der Waals surface area (Å²) in [5.74, 6) is 0.139. The first kappa shape index (κ1) is 15.4. The summed E-state index contributed by atoms with van der Waals surface area (Å²) in [7, 11) is 0. The monoisotopic (exact) mass is 325 g/mol. The van der Waals surface area contributed by atoms with Crippen molar-refractivity contribution in [1.29, 1.82) is 0 Å². The van der Waals surface area contributed by atoms with Gasteiger partial charge in [0.15, 0.2) is 0 Å². The quantitative estimate of drug-likeness (QED) is 0.914. The zero-order valence-corrected chi connectivity index (χ0v) is 13.8. The Morgan fingerprint density at radius 3 is 2.62 bits per heavy atom. The molecule has 6 heteroatoms. The van der Waals surface area contributed by atoms with Crippen molar-refractivity contribution in [2.45, 2.75) is 12.5 Å². The van der Waals surface area contributed by atoms with E-state index in [1.165, 1.54) is 0 Å². The zero-order valence-electron chi connectivity index (χ0n) is 13.8. The van der Waals surface area contributed by atoms with Crippen molar-refractivity contribution >= 4 is 5.91 Å². The van der Waals surface area contributed by atoms with Gasteiger partial charge in [0.25, 0.3) is 5.91 Å². The van der Waals surface area contributed by atoms with E-state index in [9.17, 15) is 4.79 Å². The van der Waals surface area contributed by atoms with Crippen LogP contribution in [0.3, 0.4) is 0 Å². The van der Waals surface area contributed by atoms with Gasteiger partial charge in [0, 0.05) is 63.3 Å². The Hall–Kier alpha value is -2.18. The molecule has 3 heterocycles. The summed E-state index contributed by atoms with van der Waals surface area (Å²) in [5, 5.41) is 7.60. The van der Waals surface area contributed by atoms with Crippen molar-refractivity contribution < 1.29 is 4.79 Å². The van der Waals surface area contributed by atoms with Crippen LogP contribution in [-0.2, 0) is 0 Å². The van der Waals surface area contributed by atoms with E-state index >= 15 is 0 Å². The number of benzene rings is 1.